The second-order valence-electron chi connectivity index (χ2n) is 6.69. The van der Waals surface area contributed by atoms with Crippen LogP contribution in [0.5, 0.6) is 0 Å². The second kappa shape index (κ2) is 3.43. The summed E-state index contributed by atoms with van der Waals surface area (Å²) >= 11 is 0. The topological polar surface area (TPSA) is 49.8 Å². The number of carbonyl (C=O) groups is 1. The Morgan fingerprint density at radius 1 is 1.25 bits per heavy atom. The number of ether oxygens (including phenoxy) is 1. The molecule has 2 aliphatic heterocycles. The fraction of sp³-hybridized carbons (Fsp3) is 0.562. The summed E-state index contributed by atoms with van der Waals surface area (Å²) in [6.07, 6.45) is 0.320. The van der Waals surface area contributed by atoms with E-state index in [1.807, 2.05) is 36.1 Å². The first-order valence-corrected chi connectivity index (χ1v) is 7.40. The molecule has 1 N–H and O–H groups in total. The van der Waals surface area contributed by atoms with Gasteiger partial charge in [0.2, 0.25) is 5.91 Å². The van der Waals surface area contributed by atoms with Crippen LogP contribution in [0.25, 0.3) is 0 Å². The molecule has 2 saturated heterocycles. The van der Waals surface area contributed by atoms with Crippen LogP contribution >= 0.6 is 0 Å². The Kier molecular flexibility index (Phi) is 1.94. The molecule has 2 aliphatic carbocycles. The van der Waals surface area contributed by atoms with Crippen molar-refractivity contribution >= 4 is 11.6 Å². The van der Waals surface area contributed by atoms with Crippen LogP contribution in [0.4, 0.5) is 5.69 Å². The van der Waals surface area contributed by atoms with Crippen molar-refractivity contribution in [2.45, 2.75) is 31.8 Å². The quantitative estimate of drug-likeness (QED) is 0.838. The lowest BCUT2D eigenvalue weighted by Gasteiger charge is -2.30. The zero-order valence-electron chi connectivity index (χ0n) is 11.3. The van der Waals surface area contributed by atoms with E-state index in [4.69, 9.17) is 4.74 Å². The molecule has 4 fully saturated rings. The monoisotopic (exact) mass is 271 g/mol. The molecular weight excluding hydrogens is 254 g/mol. The number of aliphatic hydroxyl groups excluding tert-OH is 1. The van der Waals surface area contributed by atoms with Gasteiger partial charge in [-0.25, -0.2) is 0 Å². The predicted molar refractivity (Wildman–Crippen MR) is 71.9 cm³/mol. The molecule has 2 saturated carbocycles. The maximum Gasteiger partial charge on any atom is 0.233 e. The number of aryl methyl sites for hydroxylation is 1. The third kappa shape index (κ3) is 1.10. The minimum absolute atomic E-state index is 0.0277. The number of hydrogen-bond acceptors (Lipinski definition) is 3. The van der Waals surface area contributed by atoms with Gasteiger partial charge in [0.1, 0.15) is 6.23 Å². The van der Waals surface area contributed by atoms with Crippen molar-refractivity contribution in [2.24, 2.45) is 23.7 Å². The van der Waals surface area contributed by atoms with Crippen molar-refractivity contribution in [2.75, 3.05) is 4.90 Å². The molecule has 1 amide bonds. The smallest absolute Gasteiger partial charge is 0.233 e. The summed E-state index contributed by atoms with van der Waals surface area (Å²) in [4.78, 5) is 14.6. The van der Waals surface area contributed by atoms with E-state index in [0.29, 0.717) is 11.8 Å². The van der Waals surface area contributed by atoms with Crippen molar-refractivity contribution < 1.29 is 14.6 Å². The minimum Gasteiger partial charge on any atom is -0.390 e. The zero-order chi connectivity index (χ0) is 13.6. The van der Waals surface area contributed by atoms with Crippen LogP contribution in [0.15, 0.2) is 24.3 Å². The summed E-state index contributed by atoms with van der Waals surface area (Å²) in [5, 5.41) is 10.2. The highest BCUT2D eigenvalue weighted by Gasteiger charge is 2.72. The Morgan fingerprint density at radius 3 is 2.75 bits per heavy atom. The summed E-state index contributed by atoms with van der Waals surface area (Å²) in [6.45, 7) is 2.04. The zero-order valence-corrected chi connectivity index (χ0v) is 11.3. The van der Waals surface area contributed by atoms with Gasteiger partial charge in [0.05, 0.1) is 18.1 Å². The average molecular weight is 271 g/mol. The molecule has 5 rings (SSSR count). The Labute approximate surface area is 117 Å². The van der Waals surface area contributed by atoms with Gasteiger partial charge in [-0.2, -0.15) is 0 Å². The van der Waals surface area contributed by atoms with Crippen LogP contribution in [-0.2, 0) is 9.53 Å². The normalized spacial score (nSPS) is 47.6. The first-order chi connectivity index (χ1) is 9.66. The highest BCUT2D eigenvalue weighted by molar-refractivity contribution is 5.99. The molecule has 7 atom stereocenters. The number of aliphatic hydroxyl groups is 1. The Hall–Kier alpha value is -1.39. The van der Waals surface area contributed by atoms with E-state index >= 15 is 0 Å². The number of nitrogens with zero attached hydrogens (tertiary/aromatic N) is 1. The average Bonchev–Trinajstić information content (AvgIpc) is 3.09. The number of amides is 1. The van der Waals surface area contributed by atoms with Crippen LogP contribution in [0.3, 0.4) is 0 Å². The molecule has 1 aromatic rings. The summed E-state index contributed by atoms with van der Waals surface area (Å²) in [5.41, 5.74) is 2.11. The van der Waals surface area contributed by atoms with E-state index in [2.05, 4.69) is 0 Å². The van der Waals surface area contributed by atoms with Crippen molar-refractivity contribution in [1.82, 2.24) is 0 Å². The highest BCUT2D eigenvalue weighted by atomic mass is 16.5. The molecule has 0 radical (unpaired) electrons. The van der Waals surface area contributed by atoms with Crippen molar-refractivity contribution in [3.05, 3.63) is 29.8 Å². The molecule has 4 heteroatoms. The van der Waals surface area contributed by atoms with Gasteiger partial charge in [-0.1, -0.05) is 17.7 Å². The summed E-state index contributed by atoms with van der Waals surface area (Å²) < 4.78 is 6.07. The largest absolute Gasteiger partial charge is 0.390 e. The molecule has 1 aromatic carbocycles. The van der Waals surface area contributed by atoms with E-state index in [1.54, 1.807) is 0 Å². The van der Waals surface area contributed by atoms with Gasteiger partial charge in [-0.15, -0.1) is 0 Å². The maximum absolute atomic E-state index is 12.8. The first-order valence-electron chi connectivity index (χ1n) is 7.40. The summed E-state index contributed by atoms with van der Waals surface area (Å²) in [7, 11) is 0. The number of fused-ring (bicyclic) bond motifs is 2. The molecule has 0 spiro atoms. The van der Waals surface area contributed by atoms with E-state index < -0.39 is 6.10 Å². The number of anilines is 1. The fourth-order valence-electron chi connectivity index (χ4n) is 5.04. The van der Waals surface area contributed by atoms with E-state index in [-0.39, 0.29) is 30.1 Å². The standard InChI is InChI=1S/C16H17NO3/c1-7-2-4-8(5-3-7)17-15(19)11-9-6-10-12(11)16(17)20-14(10)13(9)18/h2-5,9-14,16,18H,6H2,1H3/t9-,10-,11-,12+,13-,14+,16-/m1/s1. The van der Waals surface area contributed by atoms with Gasteiger partial charge < -0.3 is 9.84 Å². The van der Waals surface area contributed by atoms with Crippen LogP contribution in [0, 0.1) is 30.6 Å². The minimum atomic E-state index is -0.435. The van der Waals surface area contributed by atoms with Crippen LogP contribution in [-0.4, -0.2) is 29.4 Å². The molecule has 4 nitrogen and oxygen atoms in total. The maximum atomic E-state index is 12.8. The molecular formula is C16H17NO3. The SMILES string of the molecule is Cc1ccc(N2C(=O)[C@@H]3[C@H]4C[C@H]5[C@H](O[C@@H]2[C@@H]53)[C@@H]4O)cc1. The lowest BCUT2D eigenvalue weighted by molar-refractivity contribution is -0.128. The lowest BCUT2D eigenvalue weighted by Crippen LogP contribution is -2.43. The van der Waals surface area contributed by atoms with Gasteiger partial charge >= 0.3 is 0 Å². The van der Waals surface area contributed by atoms with E-state index in [1.165, 1.54) is 5.56 Å². The van der Waals surface area contributed by atoms with Crippen LogP contribution in [0.2, 0.25) is 0 Å². The summed E-state index contributed by atoms with van der Waals surface area (Å²) in [5.74, 6) is 0.906. The Morgan fingerprint density at radius 2 is 2.00 bits per heavy atom. The van der Waals surface area contributed by atoms with Gasteiger partial charge in [0, 0.05) is 11.6 Å². The number of hydrogen-bond donors (Lipinski definition) is 1. The molecule has 20 heavy (non-hydrogen) atoms. The van der Waals surface area contributed by atoms with Crippen LogP contribution in [0.1, 0.15) is 12.0 Å². The number of carbonyl (C=O) groups excluding carboxylic acids is 1. The first kappa shape index (κ1) is 11.3. The summed E-state index contributed by atoms with van der Waals surface area (Å²) in [6, 6.07) is 8.04. The van der Waals surface area contributed by atoms with Crippen molar-refractivity contribution in [1.29, 1.82) is 0 Å². The number of benzene rings is 1. The fourth-order valence-corrected chi connectivity index (χ4v) is 5.04. The third-order valence-electron chi connectivity index (χ3n) is 5.83. The molecule has 4 aliphatic rings. The molecule has 104 valence electrons. The predicted octanol–water partition coefficient (Wildman–Crippen LogP) is 1.31. The van der Waals surface area contributed by atoms with Gasteiger partial charge in [0.15, 0.2) is 0 Å². The van der Waals surface area contributed by atoms with Gasteiger partial charge in [0.25, 0.3) is 0 Å². The van der Waals surface area contributed by atoms with Gasteiger partial charge in [-0.05, 0) is 37.3 Å². The van der Waals surface area contributed by atoms with Crippen LogP contribution < -0.4 is 4.90 Å². The van der Waals surface area contributed by atoms with E-state index in [0.717, 1.165) is 12.1 Å². The molecule has 0 aromatic heterocycles. The molecule has 2 heterocycles. The molecule has 0 unspecified atom stereocenters. The number of rotatable bonds is 1. The lowest BCUT2D eigenvalue weighted by atomic mass is 9.80. The van der Waals surface area contributed by atoms with Crippen molar-refractivity contribution in [3.8, 4) is 0 Å². The highest BCUT2D eigenvalue weighted by Crippen LogP contribution is 2.63. The molecule has 2 bridgehead atoms. The van der Waals surface area contributed by atoms with Gasteiger partial charge in [-0.3, -0.25) is 9.69 Å². The third-order valence-corrected chi connectivity index (χ3v) is 5.83. The van der Waals surface area contributed by atoms with Crippen molar-refractivity contribution in [3.63, 3.8) is 0 Å². The second-order valence-corrected chi connectivity index (χ2v) is 6.69. The van der Waals surface area contributed by atoms with E-state index in [9.17, 15) is 9.90 Å². The Balaban J connectivity index is 1.59. The Bertz CT molecular complexity index is 598.